The van der Waals surface area contributed by atoms with Crippen molar-refractivity contribution in [1.82, 2.24) is 15.6 Å². The highest BCUT2D eigenvalue weighted by Crippen LogP contribution is 2.23. The first kappa shape index (κ1) is 17.4. The Kier molecular flexibility index (Phi) is 5.73. The number of carbonyl (C=O) groups is 1. The normalized spacial score (nSPS) is 11.8. The quantitative estimate of drug-likeness (QED) is 0.492. The Hall–Kier alpha value is -1.93. The Morgan fingerprint density at radius 3 is 2.61 bits per heavy atom. The number of nitrogen functional groups attached to an aromatic ring is 1. The van der Waals surface area contributed by atoms with Crippen molar-refractivity contribution >= 4 is 40.4 Å². The van der Waals surface area contributed by atoms with E-state index in [4.69, 9.17) is 5.73 Å². The molecule has 6 nitrogen and oxygen atoms in total. The van der Waals surface area contributed by atoms with E-state index >= 15 is 0 Å². The van der Waals surface area contributed by atoms with Crippen LogP contribution < -0.4 is 11.2 Å². The molecule has 0 radical (unpaired) electrons. The molecular weight excluding hydrogens is 330 g/mol. The first-order valence-electron chi connectivity index (χ1n) is 6.99. The summed E-state index contributed by atoms with van der Waals surface area (Å²) in [5, 5.41) is 11.9. The molecule has 1 amide bonds. The van der Waals surface area contributed by atoms with Crippen molar-refractivity contribution < 1.29 is 4.79 Å². The van der Waals surface area contributed by atoms with Crippen LogP contribution >= 0.6 is 23.1 Å². The van der Waals surface area contributed by atoms with Crippen LogP contribution in [0.4, 0.5) is 5.13 Å². The van der Waals surface area contributed by atoms with Gasteiger partial charge in [0.25, 0.3) is 5.91 Å². The summed E-state index contributed by atoms with van der Waals surface area (Å²) in [5.41, 5.74) is 10.3. The number of rotatable bonds is 5. The summed E-state index contributed by atoms with van der Waals surface area (Å²) in [5.74, 6) is 0.0147. The fraction of sp³-hybridized carbons (Fsp3) is 0.333. The van der Waals surface area contributed by atoms with Crippen molar-refractivity contribution in [2.24, 2.45) is 5.10 Å². The van der Waals surface area contributed by atoms with Crippen LogP contribution in [0.15, 0.2) is 33.7 Å². The average Bonchev–Trinajstić information content (AvgIpc) is 2.90. The molecule has 1 heterocycles. The third-order valence-corrected chi connectivity index (χ3v) is 4.81. The summed E-state index contributed by atoms with van der Waals surface area (Å²) < 4.78 is 0.666. The number of carbonyl (C=O) groups excluding carboxylic acids is 1. The van der Waals surface area contributed by atoms with Gasteiger partial charge in [-0.05, 0) is 16.5 Å². The summed E-state index contributed by atoms with van der Waals surface area (Å²) in [6.45, 7) is 6.50. The molecule has 0 saturated heterocycles. The minimum absolute atomic E-state index is 0.120. The van der Waals surface area contributed by atoms with Crippen LogP contribution in [-0.2, 0) is 10.2 Å². The molecule has 0 fully saturated rings. The second-order valence-corrected chi connectivity index (χ2v) is 8.09. The van der Waals surface area contributed by atoms with Crippen LogP contribution in [0, 0.1) is 0 Å². The molecule has 0 aliphatic heterocycles. The molecule has 0 saturated carbocycles. The minimum atomic E-state index is -0.202. The van der Waals surface area contributed by atoms with Gasteiger partial charge in [0, 0.05) is 0 Å². The Balaban J connectivity index is 1.80. The predicted octanol–water partition coefficient (Wildman–Crippen LogP) is 2.66. The van der Waals surface area contributed by atoms with Crippen LogP contribution in [0.2, 0.25) is 0 Å². The summed E-state index contributed by atoms with van der Waals surface area (Å²) in [4.78, 5) is 11.7. The number of nitrogens with two attached hydrogens (primary N) is 1. The second kappa shape index (κ2) is 7.56. The third-order valence-electron chi connectivity index (χ3n) is 2.93. The zero-order chi connectivity index (χ0) is 16.9. The first-order chi connectivity index (χ1) is 10.8. The number of thioether (sulfide) groups is 1. The zero-order valence-electron chi connectivity index (χ0n) is 13.2. The number of benzene rings is 1. The molecule has 0 spiro atoms. The number of nitrogens with one attached hydrogen (secondary N) is 1. The van der Waals surface area contributed by atoms with Gasteiger partial charge in [0.2, 0.25) is 5.13 Å². The van der Waals surface area contributed by atoms with Gasteiger partial charge in [-0.25, -0.2) is 5.43 Å². The molecule has 0 bridgehead atoms. The lowest BCUT2D eigenvalue weighted by Crippen LogP contribution is -2.19. The van der Waals surface area contributed by atoms with Gasteiger partial charge >= 0.3 is 0 Å². The van der Waals surface area contributed by atoms with E-state index in [1.54, 1.807) is 6.21 Å². The molecule has 1 aromatic heterocycles. The molecule has 0 aliphatic rings. The molecular formula is C15H19N5OS2. The lowest BCUT2D eigenvalue weighted by molar-refractivity contribution is -0.118. The smallest absolute Gasteiger partial charge is 0.250 e. The van der Waals surface area contributed by atoms with Crippen molar-refractivity contribution in [3.05, 3.63) is 35.4 Å². The fourth-order valence-corrected chi connectivity index (χ4v) is 3.11. The summed E-state index contributed by atoms with van der Waals surface area (Å²) in [6.07, 6.45) is 1.62. The van der Waals surface area contributed by atoms with Crippen molar-refractivity contribution in [2.45, 2.75) is 30.5 Å². The molecule has 122 valence electrons. The molecule has 0 aliphatic carbocycles. The van der Waals surface area contributed by atoms with Gasteiger partial charge in [0.1, 0.15) is 0 Å². The second-order valence-electron chi connectivity index (χ2n) is 5.86. The Morgan fingerprint density at radius 1 is 1.35 bits per heavy atom. The van der Waals surface area contributed by atoms with E-state index in [0.29, 0.717) is 9.47 Å². The maximum atomic E-state index is 11.7. The van der Waals surface area contributed by atoms with Gasteiger partial charge < -0.3 is 5.73 Å². The minimum Gasteiger partial charge on any atom is -0.374 e. The lowest BCUT2D eigenvalue weighted by Gasteiger charge is -2.18. The SMILES string of the molecule is CC(C)(C)c1ccc(C=NNC(=O)CSc2nnc(N)s2)cc1. The van der Waals surface area contributed by atoms with Crippen LogP contribution in [0.1, 0.15) is 31.9 Å². The maximum Gasteiger partial charge on any atom is 0.250 e. The van der Waals surface area contributed by atoms with Crippen LogP contribution in [0.25, 0.3) is 0 Å². The van der Waals surface area contributed by atoms with E-state index in [1.807, 2.05) is 12.1 Å². The van der Waals surface area contributed by atoms with E-state index < -0.39 is 0 Å². The van der Waals surface area contributed by atoms with Gasteiger partial charge in [-0.3, -0.25) is 4.79 Å². The molecule has 23 heavy (non-hydrogen) atoms. The molecule has 0 unspecified atom stereocenters. The highest BCUT2D eigenvalue weighted by atomic mass is 32.2. The van der Waals surface area contributed by atoms with Gasteiger partial charge in [-0.2, -0.15) is 5.10 Å². The lowest BCUT2D eigenvalue weighted by atomic mass is 9.87. The Bertz CT molecular complexity index is 689. The Labute approximate surface area is 143 Å². The molecule has 1 aromatic carbocycles. The molecule has 2 aromatic rings. The summed E-state index contributed by atoms with van der Waals surface area (Å²) >= 11 is 2.53. The maximum absolute atomic E-state index is 11.7. The monoisotopic (exact) mass is 349 g/mol. The number of hydrogen-bond donors (Lipinski definition) is 2. The standard InChI is InChI=1S/C15H19N5OS2/c1-15(2,3)11-6-4-10(5-7-11)8-17-18-12(21)9-22-14-20-19-13(16)23-14/h4-8H,9H2,1-3H3,(H2,16,19)(H,18,21). The van der Waals surface area contributed by atoms with E-state index in [9.17, 15) is 4.79 Å². The summed E-state index contributed by atoms with van der Waals surface area (Å²) in [7, 11) is 0. The van der Waals surface area contributed by atoms with Gasteiger partial charge in [0.15, 0.2) is 4.34 Å². The Morgan fingerprint density at radius 2 is 2.04 bits per heavy atom. The van der Waals surface area contributed by atoms with Crippen molar-refractivity contribution in [3.8, 4) is 0 Å². The fourth-order valence-electron chi connectivity index (χ4n) is 1.69. The number of aromatic nitrogens is 2. The van der Waals surface area contributed by atoms with Crippen molar-refractivity contribution in [3.63, 3.8) is 0 Å². The number of anilines is 1. The van der Waals surface area contributed by atoms with Crippen molar-refractivity contribution in [2.75, 3.05) is 11.5 Å². The van der Waals surface area contributed by atoms with E-state index in [0.717, 1.165) is 5.56 Å². The molecule has 2 rings (SSSR count). The van der Waals surface area contributed by atoms with Gasteiger partial charge in [-0.15, -0.1) is 10.2 Å². The van der Waals surface area contributed by atoms with E-state index in [-0.39, 0.29) is 17.1 Å². The van der Waals surface area contributed by atoms with Crippen LogP contribution in [0.5, 0.6) is 0 Å². The highest BCUT2D eigenvalue weighted by molar-refractivity contribution is 8.01. The first-order valence-corrected chi connectivity index (χ1v) is 8.79. The number of hydrogen-bond acceptors (Lipinski definition) is 7. The topological polar surface area (TPSA) is 93.3 Å². The van der Waals surface area contributed by atoms with Gasteiger partial charge in [0.05, 0.1) is 12.0 Å². The average molecular weight is 349 g/mol. The largest absolute Gasteiger partial charge is 0.374 e. The number of nitrogens with zero attached hydrogens (tertiary/aromatic N) is 3. The molecule has 0 atom stereocenters. The molecule has 3 N–H and O–H groups in total. The molecule has 8 heteroatoms. The zero-order valence-corrected chi connectivity index (χ0v) is 14.9. The predicted molar refractivity (Wildman–Crippen MR) is 95.9 cm³/mol. The summed E-state index contributed by atoms with van der Waals surface area (Å²) in [6, 6.07) is 8.10. The highest BCUT2D eigenvalue weighted by Gasteiger charge is 2.12. The van der Waals surface area contributed by atoms with E-state index in [1.165, 1.54) is 28.7 Å². The van der Waals surface area contributed by atoms with Crippen LogP contribution in [0.3, 0.4) is 0 Å². The number of amides is 1. The third kappa shape index (κ3) is 5.65. The van der Waals surface area contributed by atoms with Crippen molar-refractivity contribution in [1.29, 1.82) is 0 Å². The van der Waals surface area contributed by atoms with Crippen LogP contribution in [-0.4, -0.2) is 28.1 Å². The van der Waals surface area contributed by atoms with Gasteiger partial charge in [-0.1, -0.05) is 68.1 Å². The number of hydrazone groups is 1. The van der Waals surface area contributed by atoms with E-state index in [2.05, 4.69) is 53.6 Å².